The van der Waals surface area contributed by atoms with Crippen molar-refractivity contribution in [2.75, 3.05) is 38.2 Å². The second-order valence-electron chi connectivity index (χ2n) is 8.04. The van der Waals surface area contributed by atoms with Crippen molar-refractivity contribution in [2.24, 2.45) is 0 Å². The van der Waals surface area contributed by atoms with Crippen LogP contribution in [-0.4, -0.2) is 52.7 Å². The molecule has 8 heteroatoms. The molecule has 0 spiro atoms. The van der Waals surface area contributed by atoms with Gasteiger partial charge in [-0.1, -0.05) is 0 Å². The van der Waals surface area contributed by atoms with E-state index in [1.807, 2.05) is 31.2 Å². The molecule has 0 saturated carbocycles. The quantitative estimate of drug-likeness (QED) is 0.428. The van der Waals surface area contributed by atoms with Crippen LogP contribution in [0, 0.1) is 0 Å². The monoisotopic (exact) mass is 449 g/mol. The van der Waals surface area contributed by atoms with E-state index in [-0.39, 0.29) is 5.56 Å². The average Bonchev–Trinajstić information content (AvgIpc) is 3.35. The second kappa shape index (κ2) is 11.6. The number of anilines is 2. The molecular weight excluding hydrogens is 418 g/mol. The van der Waals surface area contributed by atoms with Crippen molar-refractivity contribution in [3.63, 3.8) is 0 Å². The van der Waals surface area contributed by atoms with Crippen LogP contribution in [0.5, 0.6) is 5.75 Å². The average molecular weight is 450 g/mol. The molecule has 3 heterocycles. The van der Waals surface area contributed by atoms with Crippen molar-refractivity contribution < 1.29 is 9.47 Å². The number of rotatable bonds is 11. The summed E-state index contributed by atoms with van der Waals surface area (Å²) in [4.78, 5) is 25.6. The lowest BCUT2D eigenvalue weighted by Crippen LogP contribution is -2.22. The molecular formula is C25H31N5O3. The first-order chi connectivity index (χ1) is 16.2. The van der Waals surface area contributed by atoms with Gasteiger partial charge in [-0.15, -0.1) is 0 Å². The van der Waals surface area contributed by atoms with Crippen LogP contribution < -0.4 is 15.6 Å². The molecule has 1 aromatic carbocycles. The van der Waals surface area contributed by atoms with E-state index in [2.05, 4.69) is 25.2 Å². The van der Waals surface area contributed by atoms with Crippen molar-refractivity contribution in [3.8, 4) is 17.0 Å². The third-order valence-corrected chi connectivity index (χ3v) is 5.58. The van der Waals surface area contributed by atoms with Gasteiger partial charge in [-0.3, -0.25) is 4.79 Å². The van der Waals surface area contributed by atoms with E-state index in [0.717, 1.165) is 35.5 Å². The van der Waals surface area contributed by atoms with E-state index in [1.165, 1.54) is 32.0 Å². The number of hydrogen-bond acceptors (Lipinski definition) is 7. The Hall–Kier alpha value is -3.23. The number of nitrogens with zero attached hydrogens (tertiary/aromatic N) is 3. The summed E-state index contributed by atoms with van der Waals surface area (Å²) in [6.07, 6.45) is 6.91. The van der Waals surface area contributed by atoms with E-state index < -0.39 is 0 Å². The van der Waals surface area contributed by atoms with Crippen molar-refractivity contribution in [3.05, 3.63) is 64.7 Å². The SMILES string of the molecule is CCOCc1cc(Nc2nccc(-c3cc[nH]c(=O)c3)n2)ccc1OCCCN1CCCC1. The minimum Gasteiger partial charge on any atom is -0.493 e. The zero-order valence-corrected chi connectivity index (χ0v) is 19.0. The number of H-pyrrole nitrogens is 1. The Morgan fingerprint density at radius 3 is 2.85 bits per heavy atom. The molecule has 1 aliphatic heterocycles. The summed E-state index contributed by atoms with van der Waals surface area (Å²) in [6, 6.07) is 11.0. The maximum Gasteiger partial charge on any atom is 0.248 e. The van der Waals surface area contributed by atoms with Crippen LogP contribution in [0.3, 0.4) is 0 Å². The van der Waals surface area contributed by atoms with Crippen LogP contribution in [0.15, 0.2) is 53.6 Å². The summed E-state index contributed by atoms with van der Waals surface area (Å²) < 4.78 is 11.8. The topological polar surface area (TPSA) is 92.4 Å². The predicted molar refractivity (Wildman–Crippen MR) is 129 cm³/mol. The fourth-order valence-electron chi connectivity index (χ4n) is 3.91. The van der Waals surface area contributed by atoms with Crippen LogP contribution in [0.4, 0.5) is 11.6 Å². The van der Waals surface area contributed by atoms with Crippen molar-refractivity contribution in [1.82, 2.24) is 19.9 Å². The fourth-order valence-corrected chi connectivity index (χ4v) is 3.91. The molecule has 1 aliphatic rings. The van der Waals surface area contributed by atoms with Gasteiger partial charge in [0, 0.05) is 48.4 Å². The Kier molecular flexibility index (Phi) is 8.05. The number of nitrogens with one attached hydrogen (secondary N) is 2. The van der Waals surface area contributed by atoms with Gasteiger partial charge in [-0.2, -0.15) is 0 Å². The third-order valence-electron chi connectivity index (χ3n) is 5.58. The zero-order valence-electron chi connectivity index (χ0n) is 19.0. The maximum atomic E-state index is 11.6. The highest BCUT2D eigenvalue weighted by atomic mass is 16.5. The lowest BCUT2D eigenvalue weighted by Gasteiger charge is -2.16. The number of hydrogen-bond donors (Lipinski definition) is 2. The molecule has 3 aromatic rings. The van der Waals surface area contributed by atoms with E-state index in [4.69, 9.17) is 9.47 Å². The molecule has 174 valence electrons. The second-order valence-corrected chi connectivity index (χ2v) is 8.04. The van der Waals surface area contributed by atoms with Gasteiger partial charge >= 0.3 is 0 Å². The Labute approximate surface area is 194 Å². The van der Waals surface area contributed by atoms with E-state index in [9.17, 15) is 4.79 Å². The molecule has 8 nitrogen and oxygen atoms in total. The Bertz CT molecular complexity index is 1100. The summed E-state index contributed by atoms with van der Waals surface area (Å²) in [6.45, 7) is 7.27. The predicted octanol–water partition coefficient (Wildman–Crippen LogP) is 3.98. The molecule has 0 aliphatic carbocycles. The van der Waals surface area contributed by atoms with Gasteiger partial charge in [0.25, 0.3) is 0 Å². The molecule has 4 rings (SSSR count). The lowest BCUT2D eigenvalue weighted by atomic mass is 10.2. The van der Waals surface area contributed by atoms with Gasteiger partial charge in [0.2, 0.25) is 11.5 Å². The highest BCUT2D eigenvalue weighted by molar-refractivity contribution is 5.62. The van der Waals surface area contributed by atoms with Gasteiger partial charge in [0.05, 0.1) is 18.9 Å². The third kappa shape index (κ3) is 6.63. The first-order valence-corrected chi connectivity index (χ1v) is 11.6. The van der Waals surface area contributed by atoms with Crippen molar-refractivity contribution in [2.45, 2.75) is 32.8 Å². The van der Waals surface area contributed by atoms with Crippen LogP contribution in [0.25, 0.3) is 11.3 Å². The number of aromatic amines is 1. The summed E-state index contributed by atoms with van der Waals surface area (Å²) in [7, 11) is 0. The summed E-state index contributed by atoms with van der Waals surface area (Å²) in [5, 5.41) is 3.25. The number of aromatic nitrogens is 3. The minimum absolute atomic E-state index is 0.169. The smallest absolute Gasteiger partial charge is 0.248 e. The lowest BCUT2D eigenvalue weighted by molar-refractivity contribution is 0.131. The zero-order chi connectivity index (χ0) is 22.9. The molecule has 0 unspecified atom stereocenters. The Morgan fingerprint density at radius 1 is 1.15 bits per heavy atom. The minimum atomic E-state index is -0.169. The molecule has 2 N–H and O–H groups in total. The molecule has 0 radical (unpaired) electrons. The largest absolute Gasteiger partial charge is 0.493 e. The Morgan fingerprint density at radius 2 is 2.03 bits per heavy atom. The van der Waals surface area contributed by atoms with Crippen LogP contribution in [0.1, 0.15) is 31.7 Å². The molecule has 0 amide bonds. The molecule has 1 fully saturated rings. The number of pyridine rings is 1. The fraction of sp³-hybridized carbons (Fsp3) is 0.400. The summed E-state index contributed by atoms with van der Waals surface area (Å²) in [5.74, 6) is 1.29. The van der Waals surface area contributed by atoms with Crippen LogP contribution >= 0.6 is 0 Å². The van der Waals surface area contributed by atoms with E-state index >= 15 is 0 Å². The van der Waals surface area contributed by atoms with Crippen LogP contribution in [-0.2, 0) is 11.3 Å². The highest BCUT2D eigenvalue weighted by Gasteiger charge is 2.12. The number of likely N-dealkylation sites (tertiary alicyclic amines) is 1. The molecule has 1 saturated heterocycles. The molecule has 0 atom stereocenters. The van der Waals surface area contributed by atoms with Gasteiger partial charge in [0.1, 0.15) is 5.75 Å². The van der Waals surface area contributed by atoms with Crippen molar-refractivity contribution >= 4 is 11.6 Å². The van der Waals surface area contributed by atoms with E-state index in [0.29, 0.717) is 31.5 Å². The molecule has 0 bridgehead atoms. The van der Waals surface area contributed by atoms with Gasteiger partial charge in [0.15, 0.2) is 0 Å². The first-order valence-electron chi connectivity index (χ1n) is 11.6. The first kappa shape index (κ1) is 22.9. The highest BCUT2D eigenvalue weighted by Crippen LogP contribution is 2.26. The molecule has 2 aromatic heterocycles. The maximum absolute atomic E-state index is 11.6. The van der Waals surface area contributed by atoms with Crippen molar-refractivity contribution in [1.29, 1.82) is 0 Å². The number of ether oxygens (including phenoxy) is 2. The number of benzene rings is 1. The standard InChI is InChI=1S/C25H31N5O3/c1-2-32-18-20-16-21(6-7-23(20)33-15-5-14-30-12-3-4-13-30)28-25-27-11-9-22(29-25)19-8-10-26-24(31)17-19/h6-11,16-17H,2-5,12-15,18H2,1H3,(H,26,31)(H,27,28,29). The van der Waals surface area contributed by atoms with E-state index in [1.54, 1.807) is 18.5 Å². The molecule has 33 heavy (non-hydrogen) atoms. The summed E-state index contributed by atoms with van der Waals surface area (Å²) in [5.41, 5.74) is 3.06. The van der Waals surface area contributed by atoms with Gasteiger partial charge in [-0.05, 0) is 69.6 Å². The summed E-state index contributed by atoms with van der Waals surface area (Å²) >= 11 is 0. The Balaban J connectivity index is 1.43. The van der Waals surface area contributed by atoms with Gasteiger partial charge in [-0.25, -0.2) is 9.97 Å². The normalized spacial score (nSPS) is 13.8. The van der Waals surface area contributed by atoms with Crippen LogP contribution in [0.2, 0.25) is 0 Å². The van der Waals surface area contributed by atoms with Gasteiger partial charge < -0.3 is 24.7 Å².